The van der Waals surface area contributed by atoms with Crippen LogP contribution in [0.15, 0.2) is 6.20 Å². The Morgan fingerprint density at radius 2 is 2.35 bits per heavy atom. The van der Waals surface area contributed by atoms with E-state index in [1.807, 2.05) is 11.8 Å². The number of amides is 1. The molecule has 0 radical (unpaired) electrons. The highest BCUT2D eigenvalue weighted by Crippen LogP contribution is 2.29. The fourth-order valence-electron chi connectivity index (χ4n) is 2.37. The normalized spacial score (nSPS) is 21.9. The number of aliphatic carboxylic acids is 1. The Bertz CT molecular complexity index is 491. The maximum Gasteiger partial charge on any atom is 0.325 e. The molecule has 20 heavy (non-hydrogen) atoms. The van der Waals surface area contributed by atoms with Crippen LogP contribution in [0.4, 0.5) is 0 Å². The predicted molar refractivity (Wildman–Crippen MR) is 74.7 cm³/mol. The van der Waals surface area contributed by atoms with E-state index in [4.69, 9.17) is 5.11 Å². The number of nitrogens with zero attached hydrogens (tertiary/aromatic N) is 3. The zero-order valence-corrected chi connectivity index (χ0v) is 12.1. The van der Waals surface area contributed by atoms with E-state index in [2.05, 4.69) is 22.6 Å². The molecule has 0 spiro atoms. The minimum absolute atomic E-state index is 0.164. The molecule has 1 fully saturated rings. The molecule has 1 aromatic rings. The van der Waals surface area contributed by atoms with E-state index in [1.54, 1.807) is 0 Å². The summed E-state index contributed by atoms with van der Waals surface area (Å²) >= 11 is 1.86. The van der Waals surface area contributed by atoms with Crippen LogP contribution in [0.1, 0.15) is 36.7 Å². The first-order valence-corrected chi connectivity index (χ1v) is 7.69. The molecule has 1 aromatic heterocycles. The van der Waals surface area contributed by atoms with Crippen molar-refractivity contribution >= 4 is 23.6 Å². The molecule has 2 atom stereocenters. The van der Waals surface area contributed by atoms with Crippen LogP contribution in [0, 0.1) is 0 Å². The van der Waals surface area contributed by atoms with Gasteiger partial charge in [-0.25, -0.2) is 4.68 Å². The molecule has 1 aliphatic carbocycles. The molecular formula is C12H18N4O3S. The van der Waals surface area contributed by atoms with Crippen molar-refractivity contribution in [2.24, 2.45) is 0 Å². The van der Waals surface area contributed by atoms with Gasteiger partial charge in [-0.05, 0) is 18.6 Å². The lowest BCUT2D eigenvalue weighted by Crippen LogP contribution is -2.39. The Hall–Kier alpha value is -1.57. The van der Waals surface area contributed by atoms with Crippen LogP contribution in [-0.4, -0.2) is 49.0 Å². The third-order valence-corrected chi connectivity index (χ3v) is 4.54. The lowest BCUT2D eigenvalue weighted by atomic mass is 10.2. The van der Waals surface area contributed by atoms with E-state index in [0.717, 1.165) is 29.7 Å². The Kier molecular flexibility index (Phi) is 4.99. The van der Waals surface area contributed by atoms with E-state index in [1.165, 1.54) is 6.20 Å². The summed E-state index contributed by atoms with van der Waals surface area (Å²) in [7, 11) is 0. The summed E-state index contributed by atoms with van der Waals surface area (Å²) in [5.41, 5.74) is 0.165. The summed E-state index contributed by atoms with van der Waals surface area (Å²) < 4.78 is 1.14. The van der Waals surface area contributed by atoms with Gasteiger partial charge in [0.2, 0.25) is 0 Å². The van der Waals surface area contributed by atoms with E-state index >= 15 is 0 Å². The SMILES string of the molecule is CCSC1CCCC1NC(=O)c1cn(CC(=O)O)nn1. The van der Waals surface area contributed by atoms with Crippen molar-refractivity contribution in [3.63, 3.8) is 0 Å². The molecular weight excluding hydrogens is 280 g/mol. The van der Waals surface area contributed by atoms with E-state index < -0.39 is 5.97 Å². The Balaban J connectivity index is 1.94. The number of carbonyl (C=O) groups is 2. The topological polar surface area (TPSA) is 97.1 Å². The molecule has 8 heteroatoms. The van der Waals surface area contributed by atoms with Gasteiger partial charge in [-0.15, -0.1) is 5.10 Å². The summed E-state index contributed by atoms with van der Waals surface area (Å²) in [6.07, 6.45) is 4.58. The number of carboxylic acids is 1. The van der Waals surface area contributed by atoms with Gasteiger partial charge in [0.05, 0.1) is 6.20 Å². The second-order valence-corrected chi connectivity index (χ2v) is 6.22. The van der Waals surface area contributed by atoms with Gasteiger partial charge in [0.25, 0.3) is 5.91 Å². The largest absolute Gasteiger partial charge is 0.480 e. The Morgan fingerprint density at radius 1 is 1.55 bits per heavy atom. The number of nitrogens with one attached hydrogen (secondary N) is 1. The number of thioether (sulfide) groups is 1. The zero-order chi connectivity index (χ0) is 14.5. The van der Waals surface area contributed by atoms with Crippen LogP contribution in [0.2, 0.25) is 0 Å². The lowest BCUT2D eigenvalue weighted by Gasteiger charge is -2.19. The van der Waals surface area contributed by atoms with Crippen molar-refractivity contribution in [1.29, 1.82) is 0 Å². The van der Waals surface area contributed by atoms with Gasteiger partial charge < -0.3 is 10.4 Å². The van der Waals surface area contributed by atoms with Gasteiger partial charge in [-0.1, -0.05) is 18.6 Å². The van der Waals surface area contributed by atoms with Crippen LogP contribution < -0.4 is 5.32 Å². The van der Waals surface area contributed by atoms with Gasteiger partial charge in [-0.3, -0.25) is 9.59 Å². The number of carboxylic acid groups (broad SMARTS) is 1. The van der Waals surface area contributed by atoms with Gasteiger partial charge >= 0.3 is 5.97 Å². The van der Waals surface area contributed by atoms with Crippen molar-refractivity contribution in [2.75, 3.05) is 5.75 Å². The summed E-state index contributed by atoms with van der Waals surface area (Å²) in [6.45, 7) is 1.82. The Morgan fingerprint density at radius 3 is 3.05 bits per heavy atom. The highest BCUT2D eigenvalue weighted by atomic mass is 32.2. The van der Waals surface area contributed by atoms with Crippen molar-refractivity contribution in [2.45, 2.75) is 44.0 Å². The standard InChI is InChI=1S/C12H18N4O3S/c1-2-20-10-5-3-4-8(10)13-12(19)9-6-16(15-14-9)7-11(17)18/h6,8,10H,2-5,7H2,1H3,(H,13,19)(H,17,18). The van der Waals surface area contributed by atoms with E-state index in [-0.39, 0.29) is 24.2 Å². The molecule has 1 amide bonds. The van der Waals surface area contributed by atoms with E-state index in [0.29, 0.717) is 5.25 Å². The molecule has 7 nitrogen and oxygen atoms in total. The summed E-state index contributed by atoms with van der Waals surface area (Å²) in [5, 5.41) is 19.4. The molecule has 1 aliphatic rings. The number of aromatic nitrogens is 3. The molecule has 0 bridgehead atoms. The average molecular weight is 298 g/mol. The predicted octanol–water partition coefficient (Wildman–Crippen LogP) is 0.767. The third-order valence-electron chi connectivity index (χ3n) is 3.22. The monoisotopic (exact) mass is 298 g/mol. The summed E-state index contributed by atoms with van der Waals surface area (Å²) in [5.74, 6) is -0.265. The minimum atomic E-state index is -1.02. The third kappa shape index (κ3) is 3.72. The van der Waals surface area contributed by atoms with Crippen molar-refractivity contribution in [3.05, 3.63) is 11.9 Å². The average Bonchev–Trinajstić information content (AvgIpc) is 2.99. The first-order valence-electron chi connectivity index (χ1n) is 6.64. The number of hydrogen-bond acceptors (Lipinski definition) is 5. The smallest absolute Gasteiger partial charge is 0.325 e. The van der Waals surface area contributed by atoms with Crippen LogP contribution >= 0.6 is 11.8 Å². The maximum absolute atomic E-state index is 12.1. The highest BCUT2D eigenvalue weighted by molar-refractivity contribution is 7.99. The molecule has 1 heterocycles. The quantitative estimate of drug-likeness (QED) is 0.805. The van der Waals surface area contributed by atoms with Crippen LogP contribution in [0.25, 0.3) is 0 Å². The number of carbonyl (C=O) groups excluding carboxylic acids is 1. The molecule has 1 saturated carbocycles. The van der Waals surface area contributed by atoms with E-state index in [9.17, 15) is 9.59 Å². The van der Waals surface area contributed by atoms with Crippen molar-refractivity contribution in [3.8, 4) is 0 Å². The summed E-state index contributed by atoms with van der Waals surface area (Å²) in [6, 6.07) is 0.164. The molecule has 0 aliphatic heterocycles. The van der Waals surface area contributed by atoms with Crippen molar-refractivity contribution < 1.29 is 14.7 Å². The minimum Gasteiger partial charge on any atom is -0.480 e. The van der Waals surface area contributed by atoms with Crippen LogP contribution in [-0.2, 0) is 11.3 Å². The number of rotatable bonds is 6. The van der Waals surface area contributed by atoms with Gasteiger partial charge in [0.1, 0.15) is 6.54 Å². The molecule has 110 valence electrons. The fraction of sp³-hybridized carbons (Fsp3) is 0.667. The first-order chi connectivity index (χ1) is 9.60. The first kappa shape index (κ1) is 14.8. The lowest BCUT2D eigenvalue weighted by molar-refractivity contribution is -0.137. The summed E-state index contributed by atoms with van der Waals surface area (Å²) in [4.78, 5) is 22.6. The second kappa shape index (κ2) is 6.74. The fourth-order valence-corrected chi connectivity index (χ4v) is 3.56. The molecule has 2 rings (SSSR count). The number of hydrogen-bond donors (Lipinski definition) is 2. The van der Waals surface area contributed by atoms with Gasteiger partial charge in [0.15, 0.2) is 5.69 Å². The molecule has 2 N–H and O–H groups in total. The zero-order valence-electron chi connectivity index (χ0n) is 11.3. The van der Waals surface area contributed by atoms with Gasteiger partial charge in [0, 0.05) is 11.3 Å². The molecule has 0 aromatic carbocycles. The highest BCUT2D eigenvalue weighted by Gasteiger charge is 2.29. The second-order valence-electron chi connectivity index (χ2n) is 4.70. The molecule has 0 saturated heterocycles. The Labute approximate surface area is 121 Å². The molecule has 2 unspecified atom stereocenters. The maximum atomic E-state index is 12.1. The van der Waals surface area contributed by atoms with Gasteiger partial charge in [-0.2, -0.15) is 11.8 Å². The van der Waals surface area contributed by atoms with Crippen molar-refractivity contribution in [1.82, 2.24) is 20.3 Å². The van der Waals surface area contributed by atoms with Crippen LogP contribution in [0.3, 0.4) is 0 Å². The van der Waals surface area contributed by atoms with Crippen LogP contribution in [0.5, 0.6) is 0 Å².